The van der Waals surface area contributed by atoms with Crippen molar-refractivity contribution in [2.75, 3.05) is 13.1 Å². The molecule has 0 radical (unpaired) electrons. The zero-order valence-electron chi connectivity index (χ0n) is 8.78. The lowest BCUT2D eigenvalue weighted by atomic mass is 10.1. The number of halogens is 1. The van der Waals surface area contributed by atoms with Gasteiger partial charge in [-0.3, -0.25) is 0 Å². The van der Waals surface area contributed by atoms with Crippen LogP contribution >= 0.6 is 11.6 Å². The fourth-order valence-electron chi connectivity index (χ4n) is 1.65. The quantitative estimate of drug-likeness (QED) is 0.799. The summed E-state index contributed by atoms with van der Waals surface area (Å²) in [5, 5.41) is 3.67. The van der Waals surface area contributed by atoms with Crippen LogP contribution < -0.4 is 5.32 Å². The van der Waals surface area contributed by atoms with Crippen LogP contribution in [0.1, 0.15) is 23.3 Å². The van der Waals surface area contributed by atoms with Gasteiger partial charge >= 0.3 is 5.97 Å². The number of rotatable bonds is 2. The molecule has 4 nitrogen and oxygen atoms in total. The molecule has 2 heterocycles. The van der Waals surface area contributed by atoms with Gasteiger partial charge in [-0.25, -0.2) is 9.78 Å². The Morgan fingerprint density at radius 2 is 2.50 bits per heavy atom. The minimum atomic E-state index is -0.406. The number of nitrogens with one attached hydrogen (secondary N) is 1. The lowest BCUT2D eigenvalue weighted by molar-refractivity contribution is 0.0239. The number of piperidine rings is 1. The molecule has 0 amide bonds. The Labute approximate surface area is 99.0 Å². The van der Waals surface area contributed by atoms with Crippen molar-refractivity contribution in [3.05, 3.63) is 29.0 Å². The molecule has 1 aliphatic heterocycles. The van der Waals surface area contributed by atoms with Crippen molar-refractivity contribution in [3.8, 4) is 0 Å². The standard InChI is InChI=1S/C11H13ClN2O2/c12-8-3-5-14-10(6-8)11(15)16-9-2-1-4-13-7-9/h3,5-6,9,13H,1-2,4,7H2. The molecule has 1 unspecified atom stereocenters. The van der Waals surface area contributed by atoms with Crippen LogP contribution in [-0.4, -0.2) is 30.1 Å². The van der Waals surface area contributed by atoms with Crippen LogP contribution in [0.15, 0.2) is 18.3 Å². The number of carbonyl (C=O) groups excluding carboxylic acids is 1. The zero-order chi connectivity index (χ0) is 11.4. The predicted molar refractivity (Wildman–Crippen MR) is 60.6 cm³/mol. The molecular weight excluding hydrogens is 228 g/mol. The molecule has 0 bridgehead atoms. The van der Waals surface area contributed by atoms with Crippen LogP contribution in [0.2, 0.25) is 5.02 Å². The minimum absolute atomic E-state index is 0.0537. The highest BCUT2D eigenvalue weighted by molar-refractivity contribution is 6.30. The first-order valence-corrected chi connectivity index (χ1v) is 5.67. The summed E-state index contributed by atoms with van der Waals surface area (Å²) >= 11 is 5.77. The highest BCUT2D eigenvalue weighted by Crippen LogP contribution is 2.12. The smallest absolute Gasteiger partial charge is 0.357 e. The second-order valence-corrected chi connectivity index (χ2v) is 4.17. The summed E-state index contributed by atoms with van der Waals surface area (Å²) in [5.74, 6) is -0.406. The van der Waals surface area contributed by atoms with E-state index in [1.807, 2.05) is 0 Å². The maximum atomic E-state index is 11.7. The first kappa shape index (κ1) is 11.4. The van der Waals surface area contributed by atoms with Crippen molar-refractivity contribution in [3.63, 3.8) is 0 Å². The molecule has 0 saturated carbocycles. The van der Waals surface area contributed by atoms with Gasteiger partial charge < -0.3 is 10.1 Å². The van der Waals surface area contributed by atoms with Crippen molar-refractivity contribution in [2.45, 2.75) is 18.9 Å². The number of hydrogen-bond acceptors (Lipinski definition) is 4. The molecule has 0 aliphatic carbocycles. The van der Waals surface area contributed by atoms with Crippen LogP contribution in [0.3, 0.4) is 0 Å². The number of esters is 1. The Bertz CT molecular complexity index is 378. The molecule has 1 aliphatic rings. The Morgan fingerprint density at radius 1 is 1.62 bits per heavy atom. The number of pyridine rings is 1. The Kier molecular flexibility index (Phi) is 3.74. The van der Waals surface area contributed by atoms with Gasteiger partial charge in [0.05, 0.1) is 0 Å². The van der Waals surface area contributed by atoms with E-state index in [4.69, 9.17) is 16.3 Å². The summed E-state index contributed by atoms with van der Waals surface area (Å²) in [4.78, 5) is 15.6. The first-order valence-electron chi connectivity index (χ1n) is 5.29. The normalized spacial score (nSPS) is 20.4. The third-order valence-corrected chi connectivity index (χ3v) is 2.69. The van der Waals surface area contributed by atoms with Gasteiger partial charge in [0, 0.05) is 17.8 Å². The molecular formula is C11H13ClN2O2. The van der Waals surface area contributed by atoms with Gasteiger partial charge in [0.2, 0.25) is 0 Å². The molecule has 2 rings (SSSR count). The van der Waals surface area contributed by atoms with E-state index < -0.39 is 5.97 Å². The van der Waals surface area contributed by atoms with E-state index in [2.05, 4.69) is 10.3 Å². The van der Waals surface area contributed by atoms with E-state index in [1.54, 1.807) is 6.07 Å². The maximum absolute atomic E-state index is 11.7. The van der Waals surface area contributed by atoms with E-state index in [0.717, 1.165) is 19.4 Å². The molecule has 16 heavy (non-hydrogen) atoms. The fourth-order valence-corrected chi connectivity index (χ4v) is 1.81. The van der Waals surface area contributed by atoms with E-state index in [-0.39, 0.29) is 11.8 Å². The van der Waals surface area contributed by atoms with Crippen LogP contribution in [-0.2, 0) is 4.74 Å². The van der Waals surface area contributed by atoms with Crippen molar-refractivity contribution in [1.82, 2.24) is 10.3 Å². The van der Waals surface area contributed by atoms with Crippen LogP contribution in [0.25, 0.3) is 0 Å². The maximum Gasteiger partial charge on any atom is 0.357 e. The SMILES string of the molecule is O=C(OC1CCCNC1)c1cc(Cl)ccn1. The lowest BCUT2D eigenvalue weighted by Crippen LogP contribution is -2.36. The number of ether oxygens (including phenoxy) is 1. The van der Waals surface area contributed by atoms with Crippen LogP contribution in [0.5, 0.6) is 0 Å². The molecule has 5 heteroatoms. The van der Waals surface area contributed by atoms with Gasteiger partial charge in [-0.2, -0.15) is 0 Å². The zero-order valence-corrected chi connectivity index (χ0v) is 9.54. The number of aromatic nitrogens is 1. The van der Waals surface area contributed by atoms with Gasteiger partial charge in [0.1, 0.15) is 11.8 Å². The highest BCUT2D eigenvalue weighted by atomic mass is 35.5. The van der Waals surface area contributed by atoms with Gasteiger partial charge in [-0.05, 0) is 31.5 Å². The molecule has 86 valence electrons. The predicted octanol–water partition coefficient (Wildman–Crippen LogP) is 1.64. The summed E-state index contributed by atoms with van der Waals surface area (Å²) in [6.45, 7) is 1.70. The second kappa shape index (κ2) is 5.27. The van der Waals surface area contributed by atoms with Crippen molar-refractivity contribution >= 4 is 17.6 Å². The third-order valence-electron chi connectivity index (χ3n) is 2.46. The Hall–Kier alpha value is -1.13. The first-order chi connectivity index (χ1) is 7.75. The van der Waals surface area contributed by atoms with Gasteiger partial charge in [-0.15, -0.1) is 0 Å². The summed E-state index contributed by atoms with van der Waals surface area (Å²) in [6, 6.07) is 3.14. The highest BCUT2D eigenvalue weighted by Gasteiger charge is 2.19. The fraction of sp³-hybridized carbons (Fsp3) is 0.455. The summed E-state index contributed by atoms with van der Waals surface area (Å²) in [6.07, 6.45) is 3.38. The third kappa shape index (κ3) is 2.93. The Balaban J connectivity index is 1.97. The summed E-state index contributed by atoms with van der Waals surface area (Å²) < 4.78 is 5.31. The van der Waals surface area contributed by atoms with Crippen molar-refractivity contribution < 1.29 is 9.53 Å². The Morgan fingerprint density at radius 3 is 3.19 bits per heavy atom. The topological polar surface area (TPSA) is 51.2 Å². The summed E-state index contributed by atoms with van der Waals surface area (Å²) in [7, 11) is 0. The molecule has 0 aromatic carbocycles. The lowest BCUT2D eigenvalue weighted by Gasteiger charge is -2.22. The number of nitrogens with zero attached hydrogens (tertiary/aromatic N) is 1. The van der Waals surface area contributed by atoms with Crippen LogP contribution in [0.4, 0.5) is 0 Å². The van der Waals surface area contributed by atoms with E-state index in [1.165, 1.54) is 12.3 Å². The largest absolute Gasteiger partial charge is 0.456 e. The minimum Gasteiger partial charge on any atom is -0.456 e. The second-order valence-electron chi connectivity index (χ2n) is 3.73. The molecule has 0 spiro atoms. The number of carbonyl (C=O) groups is 1. The summed E-state index contributed by atoms with van der Waals surface area (Å²) in [5.41, 5.74) is 0.262. The molecule has 1 atom stereocenters. The molecule has 1 fully saturated rings. The van der Waals surface area contributed by atoms with E-state index in [0.29, 0.717) is 11.6 Å². The van der Waals surface area contributed by atoms with E-state index in [9.17, 15) is 4.79 Å². The molecule has 1 aromatic rings. The molecule has 1 aromatic heterocycles. The van der Waals surface area contributed by atoms with Gasteiger partial charge in [-0.1, -0.05) is 11.6 Å². The van der Waals surface area contributed by atoms with Gasteiger partial charge in [0.25, 0.3) is 0 Å². The van der Waals surface area contributed by atoms with Crippen LogP contribution in [0, 0.1) is 0 Å². The van der Waals surface area contributed by atoms with Crippen molar-refractivity contribution in [2.24, 2.45) is 0 Å². The van der Waals surface area contributed by atoms with Crippen molar-refractivity contribution in [1.29, 1.82) is 0 Å². The van der Waals surface area contributed by atoms with E-state index >= 15 is 0 Å². The molecule has 1 N–H and O–H groups in total. The number of hydrogen-bond donors (Lipinski definition) is 1. The van der Waals surface area contributed by atoms with Gasteiger partial charge in [0.15, 0.2) is 0 Å². The monoisotopic (exact) mass is 240 g/mol. The average molecular weight is 241 g/mol. The average Bonchev–Trinajstić information content (AvgIpc) is 2.30. The molecule has 1 saturated heterocycles.